The van der Waals surface area contributed by atoms with E-state index in [4.69, 9.17) is 0 Å². The minimum absolute atomic E-state index is 1.02. The van der Waals surface area contributed by atoms with Crippen molar-refractivity contribution in [2.24, 2.45) is 17.8 Å². The summed E-state index contributed by atoms with van der Waals surface area (Å²) in [5.74, 6) is 3.12. The first kappa shape index (κ1) is 20.0. The van der Waals surface area contributed by atoms with E-state index in [0.29, 0.717) is 0 Å². The van der Waals surface area contributed by atoms with Gasteiger partial charge in [0.1, 0.15) is 0 Å². The van der Waals surface area contributed by atoms with Crippen LogP contribution in [0.1, 0.15) is 124 Å². The molecule has 132 valence electrons. The van der Waals surface area contributed by atoms with Crippen LogP contribution in [0.25, 0.3) is 0 Å². The Morgan fingerprint density at radius 2 is 0.455 bits per heavy atom. The summed E-state index contributed by atoms with van der Waals surface area (Å²) < 4.78 is 0. The van der Waals surface area contributed by atoms with E-state index in [1.165, 1.54) is 103 Å². The van der Waals surface area contributed by atoms with Crippen molar-refractivity contribution >= 4 is 0 Å². The zero-order valence-corrected chi connectivity index (χ0v) is 16.0. The highest BCUT2D eigenvalue weighted by Crippen LogP contribution is 2.27. The van der Waals surface area contributed by atoms with Gasteiger partial charge in [-0.3, -0.25) is 0 Å². The average molecular weight is 309 g/mol. The molecule has 0 radical (unpaired) electrons. The predicted octanol–water partition coefficient (Wildman–Crippen LogP) is 8.15. The van der Waals surface area contributed by atoms with Crippen LogP contribution in [-0.4, -0.2) is 0 Å². The maximum absolute atomic E-state index is 2.37. The summed E-state index contributed by atoms with van der Waals surface area (Å²) in [6, 6.07) is 0. The monoisotopic (exact) mass is 308 g/mol. The lowest BCUT2D eigenvalue weighted by atomic mass is 9.84. The molecule has 0 spiro atoms. The van der Waals surface area contributed by atoms with Gasteiger partial charge in [0.2, 0.25) is 0 Å². The third-order valence-electron chi connectivity index (χ3n) is 5.67. The van der Waals surface area contributed by atoms with Crippen LogP contribution in [0.4, 0.5) is 0 Å². The molecule has 0 aromatic carbocycles. The van der Waals surface area contributed by atoms with E-state index >= 15 is 0 Å². The average Bonchev–Trinajstić information content (AvgIpc) is 3.32. The van der Waals surface area contributed by atoms with Crippen molar-refractivity contribution in [3.8, 4) is 0 Å². The largest absolute Gasteiger partial charge is 0.0625 e. The second-order valence-electron chi connectivity index (χ2n) is 8.58. The molecule has 0 atom stereocenters. The summed E-state index contributed by atoms with van der Waals surface area (Å²) in [5, 5.41) is 0. The van der Waals surface area contributed by atoms with E-state index in [1.54, 1.807) is 0 Å². The molecule has 0 aliphatic heterocycles. The molecular weight excluding hydrogens is 264 g/mol. The number of rotatable bonds is 0. The van der Waals surface area contributed by atoms with Gasteiger partial charge in [-0.2, -0.15) is 0 Å². The van der Waals surface area contributed by atoms with E-state index in [-0.39, 0.29) is 0 Å². The zero-order valence-electron chi connectivity index (χ0n) is 16.0. The molecule has 3 saturated carbocycles. The molecule has 0 aromatic heterocycles. The Hall–Kier alpha value is 0. The highest BCUT2D eigenvalue weighted by atomic mass is 14.2. The fourth-order valence-corrected chi connectivity index (χ4v) is 3.36. The summed E-state index contributed by atoms with van der Waals surface area (Å²) >= 11 is 0. The maximum Gasteiger partial charge on any atom is -0.0443 e. The van der Waals surface area contributed by atoms with Gasteiger partial charge in [0, 0.05) is 0 Å². The second-order valence-corrected chi connectivity index (χ2v) is 8.58. The molecule has 0 aromatic rings. The molecule has 3 fully saturated rings. The standard InChI is InChI=1S/C10H20.C8H16.C4H8/c1-2-4-6-8-10-9-7-5-3-1;1-7-3-5-8(2)6-4-7;1-4-2-3-4/h1-10H2;7-8H,3-6H2,1-2H3;4H,2-3H2,1H3. The Balaban J connectivity index is 0.000000179. The van der Waals surface area contributed by atoms with Gasteiger partial charge in [0.25, 0.3) is 0 Å². The van der Waals surface area contributed by atoms with E-state index in [1.807, 2.05) is 0 Å². The minimum atomic E-state index is 1.02. The van der Waals surface area contributed by atoms with Gasteiger partial charge in [-0.05, 0) is 17.8 Å². The molecule has 0 nitrogen and oxygen atoms in total. The Morgan fingerprint density at radius 1 is 0.318 bits per heavy atom. The van der Waals surface area contributed by atoms with Crippen LogP contribution in [0.5, 0.6) is 0 Å². The van der Waals surface area contributed by atoms with Gasteiger partial charge in [0.15, 0.2) is 0 Å². The van der Waals surface area contributed by atoms with Crippen LogP contribution in [0.3, 0.4) is 0 Å². The number of hydrogen-bond donors (Lipinski definition) is 0. The fourth-order valence-electron chi connectivity index (χ4n) is 3.36. The summed E-state index contributed by atoms with van der Waals surface area (Å²) in [6.45, 7) is 7.01. The number of hydrogen-bond acceptors (Lipinski definition) is 0. The lowest BCUT2D eigenvalue weighted by Crippen LogP contribution is -2.08. The molecule has 0 heterocycles. The van der Waals surface area contributed by atoms with E-state index in [2.05, 4.69) is 20.8 Å². The van der Waals surface area contributed by atoms with Crippen molar-refractivity contribution in [2.45, 2.75) is 124 Å². The Kier molecular flexibility index (Phi) is 12.2. The lowest BCUT2D eigenvalue weighted by molar-refractivity contribution is 0.308. The quantitative estimate of drug-likeness (QED) is 0.423. The topological polar surface area (TPSA) is 0 Å². The van der Waals surface area contributed by atoms with E-state index in [9.17, 15) is 0 Å². The third-order valence-corrected chi connectivity index (χ3v) is 5.67. The van der Waals surface area contributed by atoms with Crippen LogP contribution in [0.2, 0.25) is 0 Å². The molecule has 0 N–H and O–H groups in total. The predicted molar refractivity (Wildman–Crippen MR) is 101 cm³/mol. The van der Waals surface area contributed by atoms with Crippen molar-refractivity contribution < 1.29 is 0 Å². The third kappa shape index (κ3) is 13.6. The molecule has 0 saturated heterocycles. The molecule has 0 heteroatoms. The Morgan fingerprint density at radius 3 is 0.591 bits per heavy atom. The van der Waals surface area contributed by atoms with Gasteiger partial charge in [-0.25, -0.2) is 0 Å². The summed E-state index contributed by atoms with van der Waals surface area (Å²) in [4.78, 5) is 0. The maximum atomic E-state index is 2.37. The molecule has 0 amide bonds. The minimum Gasteiger partial charge on any atom is -0.0625 e. The van der Waals surface area contributed by atoms with Crippen molar-refractivity contribution in [2.75, 3.05) is 0 Å². The van der Waals surface area contributed by atoms with Crippen molar-refractivity contribution in [3.63, 3.8) is 0 Å². The smallest absolute Gasteiger partial charge is 0.0443 e. The summed E-state index contributed by atoms with van der Waals surface area (Å²) in [5.41, 5.74) is 0. The molecule has 0 unspecified atom stereocenters. The van der Waals surface area contributed by atoms with Crippen molar-refractivity contribution in [1.82, 2.24) is 0 Å². The van der Waals surface area contributed by atoms with Gasteiger partial charge in [0.05, 0.1) is 0 Å². The molecule has 3 aliphatic rings. The summed E-state index contributed by atoms with van der Waals surface area (Å²) in [6.07, 6.45) is 23.9. The van der Waals surface area contributed by atoms with Crippen LogP contribution in [0, 0.1) is 17.8 Å². The summed E-state index contributed by atoms with van der Waals surface area (Å²) in [7, 11) is 0. The molecular formula is C22H44. The van der Waals surface area contributed by atoms with Crippen LogP contribution < -0.4 is 0 Å². The first-order valence-electron chi connectivity index (χ1n) is 10.7. The van der Waals surface area contributed by atoms with E-state index < -0.39 is 0 Å². The Labute approximate surface area is 141 Å². The van der Waals surface area contributed by atoms with Gasteiger partial charge in [-0.1, -0.05) is 124 Å². The molecule has 3 aliphatic carbocycles. The SMILES string of the molecule is C1CCCCCCCCC1.CC1CC1.CC1CCC(C)CC1. The van der Waals surface area contributed by atoms with Crippen molar-refractivity contribution in [1.29, 1.82) is 0 Å². The van der Waals surface area contributed by atoms with Crippen molar-refractivity contribution in [3.05, 3.63) is 0 Å². The molecule has 0 bridgehead atoms. The highest BCUT2D eigenvalue weighted by molar-refractivity contribution is 4.66. The molecule has 3 rings (SSSR count). The molecule has 22 heavy (non-hydrogen) atoms. The van der Waals surface area contributed by atoms with Gasteiger partial charge < -0.3 is 0 Å². The second kappa shape index (κ2) is 13.4. The van der Waals surface area contributed by atoms with Crippen LogP contribution in [-0.2, 0) is 0 Å². The van der Waals surface area contributed by atoms with Gasteiger partial charge >= 0.3 is 0 Å². The normalized spacial score (nSPS) is 30.1. The van der Waals surface area contributed by atoms with E-state index in [0.717, 1.165) is 17.8 Å². The fraction of sp³-hybridized carbons (Fsp3) is 1.00. The first-order valence-corrected chi connectivity index (χ1v) is 10.7. The Bertz CT molecular complexity index is 177. The first-order chi connectivity index (χ1) is 10.7. The lowest BCUT2D eigenvalue weighted by Gasteiger charge is -2.22. The zero-order chi connectivity index (χ0) is 16.0. The van der Waals surface area contributed by atoms with Gasteiger partial charge in [-0.15, -0.1) is 0 Å². The highest BCUT2D eigenvalue weighted by Gasteiger charge is 2.13. The van der Waals surface area contributed by atoms with Crippen LogP contribution in [0.15, 0.2) is 0 Å². The van der Waals surface area contributed by atoms with Crippen LogP contribution >= 0.6 is 0 Å².